The molecule has 0 atom stereocenters. The molecule has 0 spiro atoms. The number of ketones is 1. The molecule has 0 saturated carbocycles. The minimum Gasteiger partial charge on any atom is -0.284 e. The lowest BCUT2D eigenvalue weighted by atomic mass is 10.00. The van der Waals surface area contributed by atoms with E-state index < -0.39 is 12.0 Å². The number of fused-ring (bicyclic) bond motifs is 1. The highest BCUT2D eigenvalue weighted by atomic mass is 19.4. The maximum absolute atomic E-state index is 12.8. The van der Waals surface area contributed by atoms with E-state index in [9.17, 15) is 18.0 Å². The molecule has 0 N–H and O–H groups in total. The first-order valence-corrected chi connectivity index (χ1v) is 6.92. The third-order valence-electron chi connectivity index (χ3n) is 3.66. The zero-order chi connectivity index (χ0) is 15.8. The predicted molar refractivity (Wildman–Crippen MR) is 76.9 cm³/mol. The van der Waals surface area contributed by atoms with Gasteiger partial charge >= 0.3 is 6.18 Å². The predicted octanol–water partition coefficient (Wildman–Crippen LogP) is 5.22. The van der Waals surface area contributed by atoms with Crippen LogP contribution >= 0.6 is 0 Å². The van der Waals surface area contributed by atoms with Gasteiger partial charge in [-0.2, -0.15) is 13.2 Å². The molecule has 4 heteroatoms. The molecule has 21 heavy (non-hydrogen) atoms. The molecule has 0 aromatic carbocycles. The molecule has 2 aliphatic rings. The van der Waals surface area contributed by atoms with Crippen molar-refractivity contribution in [3.8, 4) is 11.1 Å². The van der Waals surface area contributed by atoms with Gasteiger partial charge in [0.25, 0.3) is 5.78 Å². The summed E-state index contributed by atoms with van der Waals surface area (Å²) in [5.74, 6) is -1.59. The average Bonchev–Trinajstić information content (AvgIpc) is 2.58. The van der Waals surface area contributed by atoms with E-state index >= 15 is 0 Å². The Bertz CT molecular complexity index is 641. The smallest absolute Gasteiger partial charge is 0.284 e. The zero-order valence-electron chi connectivity index (χ0n) is 12.2. The normalized spacial score (nSPS) is 12.1. The van der Waals surface area contributed by atoms with Crippen molar-refractivity contribution in [3.05, 3.63) is 47.0 Å². The van der Waals surface area contributed by atoms with Crippen molar-refractivity contribution >= 4 is 5.78 Å². The molecule has 112 valence electrons. The molecule has 0 unspecified atom stereocenters. The highest BCUT2D eigenvalue weighted by Gasteiger charge is 2.41. The first kappa shape index (κ1) is 15.5. The second-order valence-electron chi connectivity index (χ2n) is 5.42. The monoisotopic (exact) mass is 294 g/mol. The Morgan fingerprint density at radius 2 is 1.81 bits per heavy atom. The number of hydrogen-bond donors (Lipinski definition) is 0. The SMILES string of the molecule is CCc1cc(C(=O)C(F)(F)F)c2cc(C(C)C)cccc1-2. The van der Waals surface area contributed by atoms with Gasteiger partial charge in [0, 0.05) is 5.56 Å². The van der Waals surface area contributed by atoms with E-state index in [-0.39, 0.29) is 11.5 Å². The van der Waals surface area contributed by atoms with Crippen LogP contribution in [-0.2, 0) is 6.42 Å². The van der Waals surface area contributed by atoms with Crippen LogP contribution in [0.2, 0.25) is 0 Å². The van der Waals surface area contributed by atoms with E-state index in [1.54, 1.807) is 12.1 Å². The fourth-order valence-electron chi connectivity index (χ4n) is 2.46. The minimum atomic E-state index is -4.85. The fourth-order valence-corrected chi connectivity index (χ4v) is 2.46. The molecule has 0 radical (unpaired) electrons. The Kier molecular flexibility index (Phi) is 4.08. The number of carbonyl (C=O) groups excluding carboxylic acids is 1. The van der Waals surface area contributed by atoms with Crippen molar-refractivity contribution in [1.29, 1.82) is 0 Å². The van der Waals surface area contributed by atoms with Crippen LogP contribution in [0.3, 0.4) is 0 Å². The van der Waals surface area contributed by atoms with Crippen LogP contribution < -0.4 is 0 Å². The van der Waals surface area contributed by atoms with E-state index in [0.717, 1.165) is 16.7 Å². The van der Waals surface area contributed by atoms with Crippen LogP contribution in [0.4, 0.5) is 13.2 Å². The highest BCUT2D eigenvalue weighted by Crippen LogP contribution is 2.37. The Labute approximate surface area is 122 Å². The van der Waals surface area contributed by atoms with Gasteiger partial charge in [0.15, 0.2) is 0 Å². The molecule has 0 aromatic heterocycles. The second kappa shape index (κ2) is 5.51. The summed E-state index contributed by atoms with van der Waals surface area (Å²) in [7, 11) is 0. The summed E-state index contributed by atoms with van der Waals surface area (Å²) >= 11 is 0. The van der Waals surface area contributed by atoms with Gasteiger partial charge in [0.05, 0.1) is 0 Å². The Hall–Kier alpha value is -1.84. The van der Waals surface area contributed by atoms with Gasteiger partial charge in [-0.05, 0) is 40.7 Å². The minimum absolute atomic E-state index is 0.175. The topological polar surface area (TPSA) is 17.1 Å². The average molecular weight is 294 g/mol. The first-order chi connectivity index (χ1) is 9.75. The summed E-state index contributed by atoms with van der Waals surface area (Å²) in [5, 5.41) is 0. The van der Waals surface area contributed by atoms with Gasteiger partial charge in [0.1, 0.15) is 0 Å². The molecule has 1 nitrogen and oxygen atoms in total. The number of hydrogen-bond acceptors (Lipinski definition) is 1. The summed E-state index contributed by atoms with van der Waals surface area (Å²) in [4.78, 5) is 11.7. The molecule has 0 bridgehead atoms. The molecule has 0 saturated heterocycles. The van der Waals surface area contributed by atoms with E-state index in [4.69, 9.17) is 0 Å². The molecule has 0 amide bonds. The summed E-state index contributed by atoms with van der Waals surface area (Å²) < 4.78 is 38.3. The second-order valence-corrected chi connectivity index (χ2v) is 5.42. The number of Topliss-reactive ketones (excluding diaryl/α,β-unsaturated/α-hetero) is 1. The van der Waals surface area contributed by atoms with Crippen molar-refractivity contribution in [2.24, 2.45) is 0 Å². The molecule has 0 aliphatic heterocycles. The molecule has 0 aromatic rings. The Balaban J connectivity index is 2.71. The first-order valence-electron chi connectivity index (χ1n) is 6.92. The highest BCUT2D eigenvalue weighted by molar-refractivity contribution is 6.07. The third kappa shape index (κ3) is 2.94. The molecule has 2 aliphatic carbocycles. The van der Waals surface area contributed by atoms with Gasteiger partial charge in [-0.1, -0.05) is 45.0 Å². The largest absolute Gasteiger partial charge is 0.454 e. The summed E-state index contributed by atoms with van der Waals surface area (Å²) in [6.07, 6.45) is -4.26. The number of aryl methyl sites for hydroxylation is 1. The number of carbonyl (C=O) groups is 1. The van der Waals surface area contributed by atoms with Crippen LogP contribution in [0.1, 0.15) is 48.2 Å². The number of alkyl halides is 3. The molecule has 0 fully saturated rings. The molecular formula is C17H17F3O. The van der Waals surface area contributed by atoms with Crippen LogP contribution in [0, 0.1) is 0 Å². The maximum atomic E-state index is 12.8. The van der Waals surface area contributed by atoms with E-state index in [0.29, 0.717) is 12.0 Å². The standard InChI is InChI=1S/C17H17F3O/c1-4-11-8-15(16(21)17(18,19)20)14-9-12(10(2)3)6-5-7-13(11)14/h5-10H,4H2,1-3H3. The van der Waals surface area contributed by atoms with Crippen molar-refractivity contribution in [3.63, 3.8) is 0 Å². The van der Waals surface area contributed by atoms with Crippen molar-refractivity contribution < 1.29 is 18.0 Å². The number of rotatable bonds is 3. The van der Waals surface area contributed by atoms with Crippen LogP contribution in [0.25, 0.3) is 11.1 Å². The summed E-state index contributed by atoms with van der Waals surface area (Å²) in [6, 6.07) is 8.58. The van der Waals surface area contributed by atoms with Crippen LogP contribution in [0.15, 0.2) is 30.3 Å². The lowest BCUT2D eigenvalue weighted by Gasteiger charge is -2.07. The van der Waals surface area contributed by atoms with Crippen molar-refractivity contribution in [2.75, 3.05) is 0 Å². The summed E-state index contributed by atoms with van der Waals surface area (Å²) in [6.45, 7) is 5.80. The zero-order valence-corrected chi connectivity index (χ0v) is 12.2. The Morgan fingerprint density at radius 3 is 2.33 bits per heavy atom. The van der Waals surface area contributed by atoms with E-state index in [2.05, 4.69) is 0 Å². The Morgan fingerprint density at radius 1 is 1.14 bits per heavy atom. The lowest BCUT2D eigenvalue weighted by Crippen LogP contribution is -2.22. The molecule has 2 rings (SSSR count). The van der Waals surface area contributed by atoms with E-state index in [1.165, 1.54) is 6.07 Å². The van der Waals surface area contributed by atoms with E-state index in [1.807, 2.05) is 32.9 Å². The van der Waals surface area contributed by atoms with Gasteiger partial charge in [-0.25, -0.2) is 0 Å². The van der Waals surface area contributed by atoms with Crippen molar-refractivity contribution in [1.82, 2.24) is 0 Å². The third-order valence-corrected chi connectivity index (χ3v) is 3.66. The van der Waals surface area contributed by atoms with Gasteiger partial charge in [-0.15, -0.1) is 0 Å². The lowest BCUT2D eigenvalue weighted by molar-refractivity contribution is -0.0884. The molecule has 0 heterocycles. The van der Waals surface area contributed by atoms with Gasteiger partial charge < -0.3 is 0 Å². The number of halogens is 3. The van der Waals surface area contributed by atoms with Gasteiger partial charge in [-0.3, -0.25) is 4.79 Å². The molecular weight excluding hydrogens is 277 g/mol. The quantitative estimate of drug-likeness (QED) is 0.709. The fraction of sp³-hybridized carbons (Fsp3) is 0.353. The van der Waals surface area contributed by atoms with Crippen LogP contribution in [-0.4, -0.2) is 12.0 Å². The van der Waals surface area contributed by atoms with Gasteiger partial charge in [0.2, 0.25) is 0 Å². The van der Waals surface area contributed by atoms with Crippen molar-refractivity contribution in [2.45, 2.75) is 39.3 Å². The van der Waals surface area contributed by atoms with Crippen LogP contribution in [0.5, 0.6) is 0 Å². The maximum Gasteiger partial charge on any atom is 0.454 e. The summed E-state index contributed by atoms with van der Waals surface area (Å²) in [5.41, 5.74) is 2.55.